The van der Waals surface area contributed by atoms with Crippen LogP contribution in [-0.2, 0) is 9.53 Å². The Morgan fingerprint density at radius 1 is 1.22 bits per heavy atom. The number of hydrogen-bond acceptors (Lipinski definition) is 7. The Hall–Kier alpha value is -2.82. The van der Waals surface area contributed by atoms with Crippen LogP contribution in [0.4, 0.5) is 21.9 Å². The first kappa shape index (κ1) is 26.2. The van der Waals surface area contributed by atoms with E-state index < -0.39 is 12.2 Å². The first-order valence-corrected chi connectivity index (χ1v) is 13.5. The number of rotatable bonds is 9. The van der Waals surface area contributed by atoms with Crippen LogP contribution in [0.15, 0.2) is 30.3 Å². The van der Waals surface area contributed by atoms with Crippen molar-refractivity contribution in [3.63, 3.8) is 0 Å². The molecule has 1 aromatic carbocycles. The minimum atomic E-state index is -0.504. The van der Waals surface area contributed by atoms with Crippen LogP contribution in [-0.4, -0.2) is 56.2 Å². The molecule has 2 atom stereocenters. The molecule has 9 nitrogen and oxygen atoms in total. The first-order valence-electron chi connectivity index (χ1n) is 12.3. The Kier molecular flexibility index (Phi) is 8.38. The molecule has 0 bridgehead atoms. The van der Waals surface area contributed by atoms with Gasteiger partial charge >= 0.3 is 6.09 Å². The Bertz CT molecular complexity index is 1120. The van der Waals surface area contributed by atoms with Crippen LogP contribution >= 0.6 is 22.9 Å². The summed E-state index contributed by atoms with van der Waals surface area (Å²) in [5.41, 5.74) is 8.28. The van der Waals surface area contributed by atoms with Crippen molar-refractivity contribution in [2.24, 2.45) is 11.7 Å². The summed E-state index contributed by atoms with van der Waals surface area (Å²) in [6, 6.07) is 8.98. The Balaban J connectivity index is 1.48. The van der Waals surface area contributed by atoms with Crippen LogP contribution < -0.4 is 26.2 Å². The lowest BCUT2D eigenvalue weighted by atomic mass is 10.0. The second-order valence-electron chi connectivity index (χ2n) is 9.13. The molecule has 4 N–H and O–H groups in total. The smallest absolute Gasteiger partial charge is 0.414 e. The second-order valence-corrected chi connectivity index (χ2v) is 10.8. The van der Waals surface area contributed by atoms with Gasteiger partial charge in [0, 0.05) is 30.7 Å². The van der Waals surface area contributed by atoms with E-state index in [9.17, 15) is 14.4 Å². The molecule has 11 heteroatoms. The van der Waals surface area contributed by atoms with Crippen molar-refractivity contribution in [1.82, 2.24) is 5.32 Å². The van der Waals surface area contributed by atoms with Gasteiger partial charge in [0.25, 0.3) is 5.91 Å². The molecular formula is C25H32ClN5O4S. The van der Waals surface area contributed by atoms with Crippen LogP contribution in [0.5, 0.6) is 0 Å². The third kappa shape index (κ3) is 5.93. The number of nitrogens with two attached hydrogens (primary N) is 1. The molecule has 0 spiro atoms. The Labute approximate surface area is 219 Å². The molecule has 194 valence electrons. The number of hydrogen-bond donors (Lipinski definition) is 3. The zero-order chi connectivity index (χ0) is 25.8. The van der Waals surface area contributed by atoms with Gasteiger partial charge < -0.3 is 26.0 Å². The van der Waals surface area contributed by atoms with Gasteiger partial charge in [-0.1, -0.05) is 25.4 Å². The van der Waals surface area contributed by atoms with Gasteiger partial charge in [-0.2, -0.15) is 0 Å². The summed E-state index contributed by atoms with van der Waals surface area (Å²) in [5, 5.41) is 5.88. The number of benzene rings is 1. The minimum Gasteiger partial charge on any atom is -0.442 e. The molecule has 0 radical (unpaired) electrons. The lowest BCUT2D eigenvalue weighted by molar-refractivity contribution is -0.120. The summed E-state index contributed by atoms with van der Waals surface area (Å²) in [7, 11) is 0. The topological polar surface area (TPSA) is 117 Å². The van der Waals surface area contributed by atoms with Crippen molar-refractivity contribution in [1.29, 1.82) is 0 Å². The average Bonchev–Trinajstić information content (AvgIpc) is 3.58. The van der Waals surface area contributed by atoms with E-state index in [1.165, 1.54) is 16.2 Å². The number of amides is 3. The third-order valence-electron chi connectivity index (χ3n) is 6.63. The number of carbonyl (C=O) groups is 3. The normalized spacial score (nSPS) is 19.6. The van der Waals surface area contributed by atoms with Gasteiger partial charge in [-0.25, -0.2) is 4.79 Å². The van der Waals surface area contributed by atoms with Crippen molar-refractivity contribution < 1.29 is 19.1 Å². The number of nitrogens with one attached hydrogen (secondary N) is 2. The molecule has 2 aromatic rings. The van der Waals surface area contributed by atoms with E-state index in [4.69, 9.17) is 22.1 Å². The number of thiophene rings is 1. The first-order chi connectivity index (χ1) is 17.3. The third-order valence-corrected chi connectivity index (χ3v) is 7.86. The molecule has 2 aliphatic heterocycles. The molecule has 1 aromatic heterocycles. The predicted molar refractivity (Wildman–Crippen MR) is 143 cm³/mol. The average molecular weight is 534 g/mol. The van der Waals surface area contributed by atoms with Gasteiger partial charge in [0.05, 0.1) is 33.7 Å². The highest BCUT2D eigenvalue weighted by molar-refractivity contribution is 7.18. The van der Waals surface area contributed by atoms with Gasteiger partial charge in [0.2, 0.25) is 5.91 Å². The van der Waals surface area contributed by atoms with Gasteiger partial charge in [-0.3, -0.25) is 14.5 Å². The van der Waals surface area contributed by atoms with E-state index in [0.717, 1.165) is 31.5 Å². The SMILES string of the molecule is CCC(CC)C(=O)Nc1cc(N2CC(CNC(=O)c3ccc(Cl)s3)OC2=O)ccc1N1CCC(N)C1. The number of halogens is 1. The molecule has 2 fully saturated rings. The zero-order valence-corrected chi connectivity index (χ0v) is 22.0. The maximum absolute atomic E-state index is 12.9. The van der Waals surface area contributed by atoms with Crippen molar-refractivity contribution in [3.8, 4) is 0 Å². The maximum Gasteiger partial charge on any atom is 0.414 e. The summed E-state index contributed by atoms with van der Waals surface area (Å²) in [6.07, 6.45) is 1.37. The highest BCUT2D eigenvalue weighted by atomic mass is 35.5. The molecule has 3 heterocycles. The molecule has 2 aliphatic rings. The van der Waals surface area contributed by atoms with E-state index in [-0.39, 0.29) is 36.9 Å². The zero-order valence-electron chi connectivity index (χ0n) is 20.5. The van der Waals surface area contributed by atoms with E-state index in [0.29, 0.717) is 27.1 Å². The summed E-state index contributed by atoms with van der Waals surface area (Å²) < 4.78 is 6.03. The number of ether oxygens (including phenoxy) is 1. The molecular weight excluding hydrogens is 502 g/mol. The van der Waals surface area contributed by atoms with Crippen LogP contribution in [0.25, 0.3) is 0 Å². The summed E-state index contributed by atoms with van der Waals surface area (Å²) in [5.74, 6) is -0.397. The fourth-order valence-electron chi connectivity index (χ4n) is 4.54. The van der Waals surface area contributed by atoms with E-state index in [2.05, 4.69) is 15.5 Å². The predicted octanol–water partition coefficient (Wildman–Crippen LogP) is 4.07. The monoisotopic (exact) mass is 533 g/mol. The molecule has 0 saturated carbocycles. The van der Waals surface area contributed by atoms with E-state index in [1.807, 2.05) is 32.0 Å². The van der Waals surface area contributed by atoms with Crippen molar-refractivity contribution >= 4 is 57.9 Å². The number of anilines is 3. The molecule has 0 aliphatic carbocycles. The van der Waals surface area contributed by atoms with Gasteiger partial charge in [-0.15, -0.1) is 11.3 Å². The standard InChI is InChI=1S/C25H32ClN5O4S/c1-3-15(4-2)23(32)29-19-11-17(5-6-20(19)30-10-9-16(27)13-30)31-14-18(35-25(31)34)12-28-24(33)21-7-8-22(26)36-21/h5-8,11,15-16,18H,3-4,9-10,12-14,27H2,1-2H3,(H,28,33)(H,29,32). The fourth-order valence-corrected chi connectivity index (χ4v) is 5.50. The molecule has 2 unspecified atom stereocenters. The van der Waals surface area contributed by atoms with Crippen LogP contribution in [0.1, 0.15) is 42.8 Å². The minimum absolute atomic E-state index is 0.0415. The molecule has 2 saturated heterocycles. The van der Waals surface area contributed by atoms with Gasteiger partial charge in [0.15, 0.2) is 0 Å². The lowest BCUT2D eigenvalue weighted by Crippen LogP contribution is -2.34. The summed E-state index contributed by atoms with van der Waals surface area (Å²) >= 11 is 7.09. The maximum atomic E-state index is 12.9. The molecule has 4 rings (SSSR count). The van der Waals surface area contributed by atoms with E-state index in [1.54, 1.807) is 12.1 Å². The Morgan fingerprint density at radius 2 is 2.00 bits per heavy atom. The largest absolute Gasteiger partial charge is 0.442 e. The van der Waals surface area contributed by atoms with Crippen LogP contribution in [0, 0.1) is 5.92 Å². The van der Waals surface area contributed by atoms with Crippen molar-refractivity contribution in [2.45, 2.75) is 45.3 Å². The molecule has 36 heavy (non-hydrogen) atoms. The van der Waals surface area contributed by atoms with E-state index >= 15 is 0 Å². The highest BCUT2D eigenvalue weighted by Gasteiger charge is 2.33. The quantitative estimate of drug-likeness (QED) is 0.447. The summed E-state index contributed by atoms with van der Waals surface area (Å²) in [4.78, 5) is 42.1. The van der Waals surface area contributed by atoms with Crippen molar-refractivity contribution in [3.05, 3.63) is 39.5 Å². The number of carbonyl (C=O) groups excluding carboxylic acids is 3. The van der Waals surface area contributed by atoms with Crippen molar-refractivity contribution in [2.75, 3.05) is 41.3 Å². The highest BCUT2D eigenvalue weighted by Crippen LogP contribution is 2.35. The second kappa shape index (κ2) is 11.5. The lowest BCUT2D eigenvalue weighted by Gasteiger charge is -2.25. The molecule has 3 amide bonds. The number of cyclic esters (lactones) is 1. The van der Waals surface area contributed by atoms with Crippen LogP contribution in [0.3, 0.4) is 0 Å². The van der Waals surface area contributed by atoms with Gasteiger partial charge in [0.1, 0.15) is 6.10 Å². The summed E-state index contributed by atoms with van der Waals surface area (Å²) in [6.45, 7) is 5.96. The van der Waals surface area contributed by atoms with Gasteiger partial charge in [-0.05, 0) is 49.6 Å². The van der Waals surface area contributed by atoms with Crippen LogP contribution in [0.2, 0.25) is 4.34 Å². The number of nitrogens with zero attached hydrogens (tertiary/aromatic N) is 2. The fraction of sp³-hybridized carbons (Fsp3) is 0.480. The Morgan fingerprint density at radius 3 is 2.64 bits per heavy atom.